The largest absolute Gasteiger partial charge is 0.483 e. The van der Waals surface area contributed by atoms with Crippen LogP contribution in [0.15, 0.2) is 54.6 Å². The number of benzene rings is 2. The van der Waals surface area contributed by atoms with E-state index in [9.17, 15) is 22.8 Å². The van der Waals surface area contributed by atoms with Gasteiger partial charge in [0.25, 0.3) is 5.91 Å². The molecule has 1 fully saturated rings. The van der Waals surface area contributed by atoms with E-state index in [0.29, 0.717) is 0 Å². The number of hydrogen-bond donors (Lipinski definition) is 1. The molecule has 0 aromatic heterocycles. The van der Waals surface area contributed by atoms with Gasteiger partial charge in [0.2, 0.25) is 5.91 Å². The molecule has 0 bridgehead atoms. The Labute approximate surface area is 160 Å². The second kappa shape index (κ2) is 8.33. The zero-order valence-electron chi connectivity index (χ0n) is 14.9. The zero-order valence-corrected chi connectivity index (χ0v) is 14.9. The zero-order chi connectivity index (χ0) is 20.1. The maximum atomic E-state index is 13.1. The molecule has 1 N–H and O–H groups in total. The van der Waals surface area contributed by atoms with Crippen molar-refractivity contribution < 1.29 is 27.5 Å². The lowest BCUT2D eigenvalue weighted by molar-refractivity contribution is -0.141. The van der Waals surface area contributed by atoms with E-state index in [4.69, 9.17) is 4.74 Å². The smallest absolute Gasteiger partial charge is 0.419 e. The van der Waals surface area contributed by atoms with Crippen LogP contribution in [-0.2, 0) is 15.8 Å². The Kier molecular flexibility index (Phi) is 5.87. The van der Waals surface area contributed by atoms with Gasteiger partial charge in [0.1, 0.15) is 5.75 Å². The van der Waals surface area contributed by atoms with Crippen molar-refractivity contribution >= 4 is 11.8 Å². The number of halogens is 3. The molecule has 0 spiro atoms. The van der Waals surface area contributed by atoms with E-state index in [1.807, 2.05) is 18.2 Å². The number of ether oxygens (including phenoxy) is 1. The molecule has 2 amide bonds. The molecule has 5 nitrogen and oxygen atoms in total. The van der Waals surface area contributed by atoms with Crippen molar-refractivity contribution in [3.05, 3.63) is 65.7 Å². The van der Waals surface area contributed by atoms with Gasteiger partial charge in [-0.1, -0.05) is 42.5 Å². The molecule has 1 saturated heterocycles. The van der Waals surface area contributed by atoms with Gasteiger partial charge in [0.15, 0.2) is 6.61 Å². The van der Waals surface area contributed by atoms with Gasteiger partial charge in [-0.3, -0.25) is 9.59 Å². The molecule has 0 radical (unpaired) electrons. The summed E-state index contributed by atoms with van der Waals surface area (Å²) in [5.74, 6) is -1.07. The Morgan fingerprint density at radius 1 is 1.11 bits per heavy atom. The molecule has 0 saturated carbocycles. The minimum absolute atomic E-state index is 0.0783. The Bertz CT molecular complexity index is 840. The number of rotatable bonds is 4. The number of para-hydroxylation sites is 1. The predicted molar refractivity (Wildman–Crippen MR) is 95.5 cm³/mol. The van der Waals surface area contributed by atoms with E-state index in [2.05, 4.69) is 5.32 Å². The molecular weight excluding hydrogens is 373 g/mol. The number of alkyl halides is 3. The first-order valence-electron chi connectivity index (χ1n) is 8.76. The highest BCUT2D eigenvalue weighted by molar-refractivity contribution is 5.82. The van der Waals surface area contributed by atoms with Gasteiger partial charge in [-0.25, -0.2) is 0 Å². The first-order chi connectivity index (χ1) is 13.4. The lowest BCUT2D eigenvalue weighted by Gasteiger charge is -2.29. The van der Waals surface area contributed by atoms with Crippen molar-refractivity contribution in [2.45, 2.75) is 18.6 Å². The normalized spacial score (nSPS) is 17.6. The van der Waals surface area contributed by atoms with Crippen molar-refractivity contribution in [1.29, 1.82) is 0 Å². The van der Waals surface area contributed by atoms with E-state index in [0.717, 1.165) is 11.6 Å². The number of hydrogen-bond acceptors (Lipinski definition) is 3. The maximum Gasteiger partial charge on any atom is 0.419 e. The van der Waals surface area contributed by atoms with Crippen LogP contribution >= 0.6 is 0 Å². The van der Waals surface area contributed by atoms with Crippen molar-refractivity contribution in [3.63, 3.8) is 0 Å². The molecular formula is C20H19F3N2O3. The quantitative estimate of drug-likeness (QED) is 0.870. The summed E-state index contributed by atoms with van der Waals surface area (Å²) in [6.45, 7) is -0.0356. The van der Waals surface area contributed by atoms with Crippen LogP contribution in [-0.4, -0.2) is 36.4 Å². The van der Waals surface area contributed by atoms with E-state index in [-0.39, 0.29) is 25.4 Å². The van der Waals surface area contributed by atoms with E-state index in [1.54, 1.807) is 12.1 Å². The molecule has 0 aliphatic carbocycles. The predicted octanol–water partition coefficient (Wildman–Crippen LogP) is 3.17. The Hall–Kier alpha value is -3.03. The third-order valence-corrected chi connectivity index (χ3v) is 4.48. The number of nitrogens with one attached hydrogen (secondary N) is 1. The topological polar surface area (TPSA) is 58.6 Å². The summed E-state index contributed by atoms with van der Waals surface area (Å²) in [7, 11) is 0. The summed E-state index contributed by atoms with van der Waals surface area (Å²) in [6.07, 6.45) is -4.50. The van der Waals surface area contributed by atoms with Crippen LogP contribution in [0.5, 0.6) is 5.75 Å². The number of carbonyl (C=O) groups excluding carboxylic acids is 2. The molecule has 28 heavy (non-hydrogen) atoms. The van der Waals surface area contributed by atoms with Crippen LogP contribution in [0.2, 0.25) is 0 Å². The third kappa shape index (κ3) is 4.62. The highest BCUT2D eigenvalue weighted by Crippen LogP contribution is 2.36. The van der Waals surface area contributed by atoms with Crippen LogP contribution in [0, 0.1) is 0 Å². The van der Waals surface area contributed by atoms with Gasteiger partial charge in [-0.05, 0) is 17.7 Å². The lowest BCUT2D eigenvalue weighted by Crippen LogP contribution is -2.39. The number of amides is 2. The third-order valence-electron chi connectivity index (χ3n) is 4.48. The fraction of sp³-hybridized carbons (Fsp3) is 0.300. The molecule has 2 aromatic rings. The van der Waals surface area contributed by atoms with Crippen molar-refractivity contribution in [3.8, 4) is 5.75 Å². The van der Waals surface area contributed by atoms with Gasteiger partial charge in [-0.2, -0.15) is 13.2 Å². The first-order valence-corrected chi connectivity index (χ1v) is 8.76. The van der Waals surface area contributed by atoms with Crippen LogP contribution in [0.4, 0.5) is 13.2 Å². The molecule has 8 heteroatoms. The summed E-state index contributed by atoms with van der Waals surface area (Å²) < 4.78 is 44.5. The van der Waals surface area contributed by atoms with Gasteiger partial charge in [-0.15, -0.1) is 0 Å². The molecule has 148 valence electrons. The van der Waals surface area contributed by atoms with Gasteiger partial charge < -0.3 is 15.0 Å². The maximum absolute atomic E-state index is 13.1. The second-order valence-corrected chi connectivity index (χ2v) is 6.35. The molecule has 3 rings (SSSR count). The minimum Gasteiger partial charge on any atom is -0.483 e. The second-order valence-electron chi connectivity index (χ2n) is 6.35. The van der Waals surface area contributed by atoms with E-state index >= 15 is 0 Å². The van der Waals surface area contributed by atoms with E-state index < -0.39 is 36.0 Å². The van der Waals surface area contributed by atoms with Gasteiger partial charge in [0, 0.05) is 13.1 Å². The highest BCUT2D eigenvalue weighted by atomic mass is 19.4. The summed E-state index contributed by atoms with van der Waals surface area (Å²) in [5, 5.41) is 2.71. The minimum atomic E-state index is -4.58. The van der Waals surface area contributed by atoms with Gasteiger partial charge in [0.05, 0.1) is 18.0 Å². The first kappa shape index (κ1) is 19.7. The Balaban J connectivity index is 1.78. The van der Waals surface area contributed by atoms with E-state index in [1.165, 1.54) is 23.1 Å². The molecule has 1 aliphatic heterocycles. The standard InChI is InChI=1S/C20H19F3N2O3/c21-20(22,23)15-8-4-5-9-17(15)28-13-19(27)25-11-10-24-18(26)12-16(25)14-6-2-1-3-7-14/h1-9,16H,10-13H2,(H,24,26). The van der Waals surface area contributed by atoms with Crippen molar-refractivity contribution in [2.24, 2.45) is 0 Å². The fourth-order valence-electron chi connectivity index (χ4n) is 3.15. The average Bonchev–Trinajstić information content (AvgIpc) is 2.88. The monoisotopic (exact) mass is 392 g/mol. The Morgan fingerprint density at radius 3 is 2.50 bits per heavy atom. The van der Waals surface area contributed by atoms with Gasteiger partial charge >= 0.3 is 6.18 Å². The number of carbonyl (C=O) groups is 2. The average molecular weight is 392 g/mol. The summed E-state index contributed by atoms with van der Waals surface area (Å²) >= 11 is 0. The summed E-state index contributed by atoms with van der Waals surface area (Å²) in [4.78, 5) is 26.2. The Morgan fingerprint density at radius 2 is 1.79 bits per heavy atom. The lowest BCUT2D eigenvalue weighted by atomic mass is 10.0. The molecule has 2 aromatic carbocycles. The molecule has 1 unspecified atom stereocenters. The van der Waals surface area contributed by atoms with Crippen molar-refractivity contribution in [1.82, 2.24) is 10.2 Å². The fourth-order valence-corrected chi connectivity index (χ4v) is 3.15. The molecule has 1 aliphatic rings. The van der Waals surface area contributed by atoms with Crippen LogP contribution in [0.25, 0.3) is 0 Å². The van der Waals surface area contributed by atoms with Crippen molar-refractivity contribution in [2.75, 3.05) is 19.7 Å². The molecule has 1 heterocycles. The number of nitrogens with zero attached hydrogens (tertiary/aromatic N) is 1. The van der Waals surface area contributed by atoms with Crippen LogP contribution < -0.4 is 10.1 Å². The highest BCUT2D eigenvalue weighted by Gasteiger charge is 2.35. The summed E-state index contributed by atoms with van der Waals surface area (Å²) in [6, 6.07) is 13.3. The summed E-state index contributed by atoms with van der Waals surface area (Å²) in [5.41, 5.74) is -0.154. The molecule has 1 atom stereocenters. The van der Waals surface area contributed by atoms with Crippen LogP contribution in [0.3, 0.4) is 0 Å². The SMILES string of the molecule is O=C1CC(c2ccccc2)N(C(=O)COc2ccccc2C(F)(F)F)CCN1. The van der Waals surface area contributed by atoms with Crippen LogP contribution in [0.1, 0.15) is 23.6 Å².